The van der Waals surface area contributed by atoms with Crippen LogP contribution in [0.4, 0.5) is 5.69 Å². The second-order valence-corrected chi connectivity index (χ2v) is 9.27. The number of rotatable bonds is 10. The zero-order valence-electron chi connectivity index (χ0n) is 21.3. The number of nitriles is 1. The molecule has 0 unspecified atom stereocenters. The van der Waals surface area contributed by atoms with E-state index in [0.29, 0.717) is 23.7 Å². The average Bonchev–Trinajstić information content (AvgIpc) is 3.06. The lowest BCUT2D eigenvalue weighted by Gasteiger charge is -2.12. The number of carbonyl (C=O) groups is 3. The van der Waals surface area contributed by atoms with Gasteiger partial charge in [0.2, 0.25) is 0 Å². The van der Waals surface area contributed by atoms with Gasteiger partial charge in [-0.1, -0.05) is 39.8 Å². The molecule has 0 bridgehead atoms. The van der Waals surface area contributed by atoms with Gasteiger partial charge in [0, 0.05) is 24.5 Å². The van der Waals surface area contributed by atoms with Crippen molar-refractivity contribution in [3.8, 4) is 6.07 Å². The monoisotopic (exact) mass is 478 g/mol. The van der Waals surface area contributed by atoms with Crippen molar-refractivity contribution in [1.82, 2.24) is 9.88 Å². The first-order valence-electron chi connectivity index (χ1n) is 11.7. The van der Waals surface area contributed by atoms with Crippen LogP contribution in [0.1, 0.15) is 55.0 Å². The maximum atomic E-state index is 12.5. The Kier molecular flexibility index (Phi) is 9.83. The predicted molar refractivity (Wildman–Crippen MR) is 136 cm³/mol. The number of nitrogens with zero attached hydrogens (tertiary/aromatic N) is 2. The van der Waals surface area contributed by atoms with Crippen LogP contribution in [0.3, 0.4) is 0 Å². The molecular weight excluding hydrogens is 444 g/mol. The van der Waals surface area contributed by atoms with Crippen molar-refractivity contribution in [2.24, 2.45) is 11.8 Å². The average molecular weight is 479 g/mol. The fourth-order valence-corrected chi connectivity index (χ4v) is 3.49. The fraction of sp³-hybridized carbons (Fsp3) is 0.407. The van der Waals surface area contributed by atoms with Gasteiger partial charge in [0.05, 0.1) is 11.3 Å². The molecule has 2 rings (SSSR count). The normalized spacial score (nSPS) is 11.3. The van der Waals surface area contributed by atoms with Crippen molar-refractivity contribution >= 4 is 29.5 Å². The molecule has 0 radical (unpaired) electrons. The summed E-state index contributed by atoms with van der Waals surface area (Å²) in [5.41, 5.74) is 3.15. The highest BCUT2D eigenvalue weighted by Crippen LogP contribution is 2.20. The molecule has 2 amide bonds. The van der Waals surface area contributed by atoms with Crippen LogP contribution in [-0.2, 0) is 20.9 Å². The molecule has 186 valence electrons. The van der Waals surface area contributed by atoms with Crippen molar-refractivity contribution in [3.05, 3.63) is 58.4 Å². The summed E-state index contributed by atoms with van der Waals surface area (Å²) in [5, 5.41) is 14.9. The summed E-state index contributed by atoms with van der Waals surface area (Å²) in [7, 11) is 0. The standard InChI is InChI=1S/C27H34N4O4/c1-17(2)14-29-26(33)23-9-7-8-10-24(23)30-25(32)16-35-27(34)22(13-28)12-21-11-19(5)31(20(21)6)15-18(3)4/h7-12,17-18H,14-16H2,1-6H3,(H,29,33)(H,30,32)/b22-12+. The highest BCUT2D eigenvalue weighted by Gasteiger charge is 2.17. The van der Waals surface area contributed by atoms with Crippen LogP contribution in [0.25, 0.3) is 6.08 Å². The van der Waals surface area contributed by atoms with Gasteiger partial charge in [-0.25, -0.2) is 4.79 Å². The van der Waals surface area contributed by atoms with Gasteiger partial charge in [-0.15, -0.1) is 0 Å². The van der Waals surface area contributed by atoms with Crippen LogP contribution in [0.5, 0.6) is 0 Å². The van der Waals surface area contributed by atoms with E-state index in [9.17, 15) is 19.6 Å². The molecule has 0 aliphatic heterocycles. The van der Waals surface area contributed by atoms with Crippen molar-refractivity contribution in [3.63, 3.8) is 0 Å². The zero-order chi connectivity index (χ0) is 26.1. The summed E-state index contributed by atoms with van der Waals surface area (Å²) >= 11 is 0. The Hall–Kier alpha value is -3.86. The van der Waals surface area contributed by atoms with Crippen LogP contribution in [0.15, 0.2) is 35.9 Å². The number of nitrogens with one attached hydrogen (secondary N) is 2. The summed E-state index contributed by atoms with van der Waals surface area (Å²) < 4.78 is 7.21. The van der Waals surface area contributed by atoms with Crippen LogP contribution in [-0.4, -0.2) is 35.5 Å². The number of aromatic nitrogens is 1. The number of hydrogen-bond acceptors (Lipinski definition) is 5. The van der Waals surface area contributed by atoms with E-state index in [0.717, 1.165) is 23.5 Å². The first-order chi connectivity index (χ1) is 16.5. The Morgan fingerprint density at radius 3 is 2.43 bits per heavy atom. The van der Waals surface area contributed by atoms with E-state index in [4.69, 9.17) is 4.74 Å². The Labute approximate surface area is 207 Å². The molecule has 2 N–H and O–H groups in total. The van der Waals surface area contributed by atoms with Gasteiger partial charge in [0.25, 0.3) is 11.8 Å². The SMILES string of the molecule is Cc1cc(/C=C(\C#N)C(=O)OCC(=O)Nc2ccccc2C(=O)NCC(C)C)c(C)n1CC(C)C. The number of anilines is 1. The summed E-state index contributed by atoms with van der Waals surface area (Å²) in [6.45, 7) is 12.9. The number of esters is 1. The molecule has 1 heterocycles. The molecule has 8 nitrogen and oxygen atoms in total. The van der Waals surface area contributed by atoms with Crippen LogP contribution < -0.4 is 10.6 Å². The molecule has 0 aliphatic carbocycles. The van der Waals surface area contributed by atoms with Crippen LogP contribution in [0.2, 0.25) is 0 Å². The minimum Gasteiger partial charge on any atom is -0.451 e. The molecule has 0 fully saturated rings. The van der Waals surface area contributed by atoms with Crippen LogP contribution >= 0.6 is 0 Å². The minimum atomic E-state index is -0.890. The van der Waals surface area contributed by atoms with Crippen molar-refractivity contribution in [1.29, 1.82) is 5.26 Å². The number of aryl methyl sites for hydroxylation is 1. The van der Waals surface area contributed by atoms with Gasteiger partial charge in [-0.05, 0) is 55.5 Å². The van der Waals surface area contributed by atoms with E-state index in [-0.39, 0.29) is 17.4 Å². The van der Waals surface area contributed by atoms with E-state index in [1.165, 1.54) is 6.08 Å². The summed E-state index contributed by atoms with van der Waals surface area (Å²) in [4.78, 5) is 37.3. The third kappa shape index (κ3) is 7.85. The van der Waals surface area contributed by atoms with E-state index >= 15 is 0 Å². The largest absolute Gasteiger partial charge is 0.451 e. The third-order valence-electron chi connectivity index (χ3n) is 5.25. The Bertz CT molecular complexity index is 1150. The molecule has 8 heteroatoms. The first-order valence-corrected chi connectivity index (χ1v) is 11.7. The first kappa shape index (κ1) is 27.4. The summed E-state index contributed by atoms with van der Waals surface area (Å²) in [6, 6.07) is 10.4. The lowest BCUT2D eigenvalue weighted by atomic mass is 10.1. The number of para-hydroxylation sites is 1. The van der Waals surface area contributed by atoms with E-state index in [2.05, 4.69) is 29.0 Å². The maximum Gasteiger partial charge on any atom is 0.349 e. The summed E-state index contributed by atoms with van der Waals surface area (Å²) in [6.07, 6.45) is 1.48. The number of ether oxygens (including phenoxy) is 1. The fourth-order valence-electron chi connectivity index (χ4n) is 3.49. The molecule has 0 spiro atoms. The smallest absolute Gasteiger partial charge is 0.349 e. The molecule has 0 atom stereocenters. The molecule has 0 saturated heterocycles. The van der Waals surface area contributed by atoms with E-state index in [1.807, 2.05) is 39.8 Å². The Balaban J connectivity index is 2.06. The molecule has 1 aromatic carbocycles. The number of carbonyl (C=O) groups excluding carboxylic acids is 3. The Morgan fingerprint density at radius 1 is 1.11 bits per heavy atom. The molecule has 35 heavy (non-hydrogen) atoms. The summed E-state index contributed by atoms with van der Waals surface area (Å²) in [5.74, 6) is -1.09. The number of amides is 2. The van der Waals surface area contributed by atoms with E-state index < -0.39 is 18.5 Å². The molecule has 2 aromatic rings. The topological polar surface area (TPSA) is 113 Å². The second kappa shape index (κ2) is 12.6. The molecule has 1 aromatic heterocycles. The van der Waals surface area contributed by atoms with Crippen molar-refractivity contribution < 1.29 is 19.1 Å². The predicted octanol–water partition coefficient (Wildman–Crippen LogP) is 4.24. The van der Waals surface area contributed by atoms with Gasteiger partial charge >= 0.3 is 5.97 Å². The lowest BCUT2D eigenvalue weighted by molar-refractivity contribution is -0.142. The number of benzene rings is 1. The minimum absolute atomic E-state index is 0.198. The van der Waals surface area contributed by atoms with Crippen molar-refractivity contribution in [2.75, 3.05) is 18.5 Å². The van der Waals surface area contributed by atoms with Crippen molar-refractivity contribution in [2.45, 2.75) is 48.1 Å². The highest BCUT2D eigenvalue weighted by atomic mass is 16.5. The third-order valence-corrected chi connectivity index (χ3v) is 5.25. The second-order valence-electron chi connectivity index (χ2n) is 9.27. The van der Waals surface area contributed by atoms with Gasteiger partial charge in [-0.2, -0.15) is 5.26 Å². The quantitative estimate of drug-likeness (QED) is 0.301. The molecule has 0 saturated carbocycles. The lowest BCUT2D eigenvalue weighted by Crippen LogP contribution is -2.29. The van der Waals surface area contributed by atoms with Gasteiger partial charge in [-0.3, -0.25) is 9.59 Å². The number of hydrogen-bond donors (Lipinski definition) is 2. The molecular formula is C27H34N4O4. The molecule has 0 aliphatic rings. The van der Waals surface area contributed by atoms with Gasteiger partial charge in [0.1, 0.15) is 11.6 Å². The van der Waals surface area contributed by atoms with E-state index in [1.54, 1.807) is 24.3 Å². The maximum absolute atomic E-state index is 12.5. The Morgan fingerprint density at radius 2 is 1.80 bits per heavy atom. The van der Waals surface area contributed by atoms with Gasteiger partial charge in [0.15, 0.2) is 6.61 Å². The van der Waals surface area contributed by atoms with Crippen LogP contribution in [0, 0.1) is 37.0 Å². The highest BCUT2D eigenvalue weighted by molar-refractivity contribution is 6.05. The zero-order valence-corrected chi connectivity index (χ0v) is 21.3. The van der Waals surface area contributed by atoms with Gasteiger partial charge < -0.3 is 19.9 Å².